The summed E-state index contributed by atoms with van der Waals surface area (Å²) in [6.45, 7) is 2.09. The Balaban J connectivity index is 2.22. The number of fused-ring (bicyclic) bond motifs is 1. The van der Waals surface area contributed by atoms with Crippen molar-refractivity contribution < 1.29 is 14.3 Å². The number of anilines is 1. The van der Waals surface area contributed by atoms with E-state index >= 15 is 0 Å². The molecule has 0 spiro atoms. The highest BCUT2D eigenvalue weighted by Crippen LogP contribution is 2.29. The maximum absolute atomic E-state index is 11.2. The van der Waals surface area contributed by atoms with Gasteiger partial charge in [0.15, 0.2) is 5.13 Å². The first-order chi connectivity index (χ1) is 8.22. The van der Waals surface area contributed by atoms with E-state index in [1.54, 1.807) is 14.0 Å². The topological polar surface area (TPSA) is 60.5 Å². The van der Waals surface area contributed by atoms with Crippen molar-refractivity contribution in [2.24, 2.45) is 0 Å². The summed E-state index contributed by atoms with van der Waals surface area (Å²) >= 11 is 1.38. The van der Waals surface area contributed by atoms with Gasteiger partial charge in [0.2, 0.25) is 0 Å². The Morgan fingerprint density at radius 2 is 2.35 bits per heavy atom. The number of amides is 1. The van der Waals surface area contributed by atoms with Gasteiger partial charge in [-0.25, -0.2) is 9.78 Å². The molecule has 1 N–H and O–H groups in total. The predicted molar refractivity (Wildman–Crippen MR) is 66.8 cm³/mol. The summed E-state index contributed by atoms with van der Waals surface area (Å²) in [6, 6.07) is 5.56. The van der Waals surface area contributed by atoms with Crippen LogP contribution in [0.1, 0.15) is 6.92 Å². The molecule has 0 saturated carbocycles. The SMILES string of the molecule is CCOC(=O)Nc1nc2ccc(OC)cc2s1. The molecular weight excluding hydrogens is 240 g/mol. The zero-order valence-electron chi connectivity index (χ0n) is 9.52. The average molecular weight is 252 g/mol. The molecular formula is C11H12N2O3S. The molecule has 1 heterocycles. The molecule has 5 nitrogen and oxygen atoms in total. The molecule has 6 heteroatoms. The molecule has 1 amide bonds. The summed E-state index contributed by atoms with van der Waals surface area (Å²) in [5.41, 5.74) is 0.822. The quantitative estimate of drug-likeness (QED) is 0.912. The third kappa shape index (κ3) is 2.65. The Kier molecular flexibility index (Phi) is 3.43. The number of aromatic nitrogens is 1. The van der Waals surface area contributed by atoms with Crippen LogP contribution in [0.3, 0.4) is 0 Å². The Labute approximate surface area is 102 Å². The number of nitrogens with one attached hydrogen (secondary N) is 1. The van der Waals surface area contributed by atoms with Gasteiger partial charge in [0.05, 0.1) is 23.9 Å². The number of carbonyl (C=O) groups excluding carboxylic acids is 1. The van der Waals surface area contributed by atoms with Gasteiger partial charge < -0.3 is 9.47 Å². The molecule has 17 heavy (non-hydrogen) atoms. The number of rotatable bonds is 3. The molecule has 1 aromatic carbocycles. The van der Waals surface area contributed by atoms with Crippen LogP contribution in [0.15, 0.2) is 18.2 Å². The maximum Gasteiger partial charge on any atom is 0.413 e. The lowest BCUT2D eigenvalue weighted by Crippen LogP contribution is -2.12. The number of carbonyl (C=O) groups is 1. The molecule has 0 radical (unpaired) electrons. The molecule has 0 unspecified atom stereocenters. The van der Waals surface area contributed by atoms with E-state index in [1.807, 2.05) is 18.2 Å². The summed E-state index contributed by atoms with van der Waals surface area (Å²) in [5, 5.41) is 3.10. The van der Waals surface area contributed by atoms with Crippen LogP contribution in [0.4, 0.5) is 9.93 Å². The van der Waals surface area contributed by atoms with Crippen LogP contribution in [0.25, 0.3) is 10.2 Å². The van der Waals surface area contributed by atoms with Gasteiger partial charge in [-0.2, -0.15) is 0 Å². The average Bonchev–Trinajstić information content (AvgIpc) is 2.69. The molecule has 0 aliphatic heterocycles. The van der Waals surface area contributed by atoms with Crippen LogP contribution < -0.4 is 10.1 Å². The van der Waals surface area contributed by atoms with Crippen LogP contribution in [-0.4, -0.2) is 24.8 Å². The molecule has 90 valence electrons. The first-order valence-corrected chi connectivity index (χ1v) is 5.93. The van der Waals surface area contributed by atoms with Crippen molar-refractivity contribution in [3.05, 3.63) is 18.2 Å². The zero-order chi connectivity index (χ0) is 12.3. The number of hydrogen-bond acceptors (Lipinski definition) is 5. The van der Waals surface area contributed by atoms with E-state index in [9.17, 15) is 4.79 Å². The molecule has 2 aromatic rings. The fourth-order valence-corrected chi connectivity index (χ4v) is 2.22. The highest BCUT2D eigenvalue weighted by atomic mass is 32.1. The van der Waals surface area contributed by atoms with Crippen LogP contribution in [-0.2, 0) is 4.74 Å². The smallest absolute Gasteiger partial charge is 0.413 e. The van der Waals surface area contributed by atoms with Crippen molar-refractivity contribution in [3.63, 3.8) is 0 Å². The van der Waals surface area contributed by atoms with Crippen molar-refractivity contribution >= 4 is 32.8 Å². The number of hydrogen-bond donors (Lipinski definition) is 1. The molecule has 0 aliphatic carbocycles. The summed E-state index contributed by atoms with van der Waals surface area (Å²) in [6.07, 6.45) is -0.487. The molecule has 1 aromatic heterocycles. The number of ether oxygens (including phenoxy) is 2. The second-order valence-corrected chi connectivity index (χ2v) is 4.23. The third-order valence-electron chi connectivity index (χ3n) is 2.08. The van der Waals surface area contributed by atoms with Crippen LogP contribution in [0, 0.1) is 0 Å². The Morgan fingerprint density at radius 1 is 1.53 bits per heavy atom. The minimum absolute atomic E-state index is 0.338. The highest BCUT2D eigenvalue weighted by molar-refractivity contribution is 7.22. The van der Waals surface area contributed by atoms with Crippen molar-refractivity contribution in [1.29, 1.82) is 0 Å². The van der Waals surface area contributed by atoms with Gasteiger partial charge in [-0.05, 0) is 25.1 Å². The molecule has 0 aliphatic rings. The predicted octanol–water partition coefficient (Wildman–Crippen LogP) is 2.87. The van der Waals surface area contributed by atoms with E-state index in [1.165, 1.54) is 11.3 Å². The Bertz CT molecular complexity index is 538. The second-order valence-electron chi connectivity index (χ2n) is 3.20. The molecule has 0 atom stereocenters. The summed E-state index contributed by atoms with van der Waals surface area (Å²) in [4.78, 5) is 15.5. The fourth-order valence-electron chi connectivity index (χ4n) is 1.34. The highest BCUT2D eigenvalue weighted by Gasteiger charge is 2.08. The van der Waals surface area contributed by atoms with Gasteiger partial charge in [0.25, 0.3) is 0 Å². The largest absolute Gasteiger partial charge is 0.497 e. The van der Waals surface area contributed by atoms with Gasteiger partial charge in [0, 0.05) is 0 Å². The Morgan fingerprint density at radius 3 is 3.06 bits per heavy atom. The van der Waals surface area contributed by atoms with Gasteiger partial charge in [-0.3, -0.25) is 5.32 Å². The summed E-state index contributed by atoms with van der Waals surface area (Å²) in [5.74, 6) is 0.767. The summed E-state index contributed by atoms with van der Waals surface area (Å²) in [7, 11) is 1.61. The normalized spacial score (nSPS) is 10.2. The number of benzene rings is 1. The van der Waals surface area contributed by atoms with Crippen molar-refractivity contribution in [3.8, 4) is 5.75 Å². The first kappa shape index (κ1) is 11.7. The van der Waals surface area contributed by atoms with Crippen molar-refractivity contribution in [1.82, 2.24) is 4.98 Å². The lowest BCUT2D eigenvalue weighted by Gasteiger charge is -1.99. The molecule has 2 rings (SSSR count). The van der Waals surface area contributed by atoms with Crippen LogP contribution >= 0.6 is 11.3 Å². The number of thiazole rings is 1. The van der Waals surface area contributed by atoms with Gasteiger partial charge >= 0.3 is 6.09 Å². The van der Waals surface area contributed by atoms with E-state index in [0.717, 1.165) is 16.0 Å². The van der Waals surface area contributed by atoms with E-state index in [-0.39, 0.29) is 0 Å². The molecule has 0 saturated heterocycles. The van der Waals surface area contributed by atoms with Gasteiger partial charge in [0.1, 0.15) is 5.75 Å². The minimum atomic E-state index is -0.487. The van der Waals surface area contributed by atoms with E-state index < -0.39 is 6.09 Å². The summed E-state index contributed by atoms with van der Waals surface area (Å²) < 4.78 is 10.9. The number of nitrogens with zero attached hydrogens (tertiary/aromatic N) is 1. The Hall–Kier alpha value is -1.82. The maximum atomic E-state index is 11.2. The number of methoxy groups -OCH3 is 1. The van der Waals surface area contributed by atoms with Crippen molar-refractivity contribution in [2.45, 2.75) is 6.92 Å². The van der Waals surface area contributed by atoms with Crippen molar-refractivity contribution in [2.75, 3.05) is 19.0 Å². The minimum Gasteiger partial charge on any atom is -0.497 e. The van der Waals surface area contributed by atoms with E-state index in [4.69, 9.17) is 9.47 Å². The van der Waals surface area contributed by atoms with E-state index in [2.05, 4.69) is 10.3 Å². The standard InChI is InChI=1S/C11H12N2O3S/c1-3-16-11(14)13-10-12-8-5-4-7(15-2)6-9(8)17-10/h4-6H,3H2,1-2H3,(H,12,13,14). The molecule has 0 bridgehead atoms. The molecule has 0 fully saturated rings. The van der Waals surface area contributed by atoms with Gasteiger partial charge in [-0.1, -0.05) is 11.3 Å². The lowest BCUT2D eigenvalue weighted by molar-refractivity contribution is 0.168. The van der Waals surface area contributed by atoms with Crippen LogP contribution in [0.2, 0.25) is 0 Å². The van der Waals surface area contributed by atoms with Gasteiger partial charge in [-0.15, -0.1) is 0 Å². The lowest BCUT2D eigenvalue weighted by atomic mass is 10.3. The van der Waals surface area contributed by atoms with E-state index in [0.29, 0.717) is 11.7 Å². The monoisotopic (exact) mass is 252 g/mol. The fraction of sp³-hybridized carbons (Fsp3) is 0.273. The van der Waals surface area contributed by atoms with Crippen LogP contribution in [0.5, 0.6) is 5.75 Å². The first-order valence-electron chi connectivity index (χ1n) is 5.11. The second kappa shape index (κ2) is 5.01. The zero-order valence-corrected chi connectivity index (χ0v) is 10.3. The third-order valence-corrected chi connectivity index (χ3v) is 3.01.